The molecule has 1 aliphatic carbocycles. The van der Waals surface area contributed by atoms with Crippen LogP contribution in [0.25, 0.3) is 6.08 Å². The van der Waals surface area contributed by atoms with Gasteiger partial charge in [0.25, 0.3) is 0 Å². The summed E-state index contributed by atoms with van der Waals surface area (Å²) in [5.74, 6) is 3.78. The molecular formula is C84H123Br. The van der Waals surface area contributed by atoms with Gasteiger partial charge in [-0.1, -0.05) is 375 Å². The molecule has 1 fully saturated rings. The van der Waals surface area contributed by atoms with Crippen LogP contribution in [-0.4, -0.2) is 5.83 Å². The molecule has 0 unspecified atom stereocenters. The average molecular weight is 1210 g/mol. The SMILES string of the molecule is C.C/C=C/CCCC.C/C=C/c1ccccc1.CBr.CC1CC1.CCC(C)C.CCCc1ccccc1.CCc1ccccc1.Cc1ccc(C)cc1.Cc1cccc(C)c1.Cc1cccc(C)c1C.Cc1ccccc1.Cc1ccccc1C. The minimum Gasteiger partial charge on any atom is -0.0966 e. The van der Waals surface area contributed by atoms with Gasteiger partial charge in [0.1, 0.15) is 0 Å². The zero-order valence-electron chi connectivity index (χ0n) is 56.9. The second-order valence-electron chi connectivity index (χ2n) is 21.7. The van der Waals surface area contributed by atoms with Crippen LogP contribution in [0, 0.1) is 81.1 Å². The molecule has 0 bridgehead atoms. The van der Waals surface area contributed by atoms with Crippen molar-refractivity contribution in [1.29, 1.82) is 0 Å². The second-order valence-corrected chi connectivity index (χ2v) is 21.7. The maximum absolute atomic E-state index is 2.94. The number of aryl methyl sites for hydroxylation is 11. The molecule has 1 heteroatoms. The Kier molecular flexibility index (Phi) is 60.9. The van der Waals surface area contributed by atoms with Crippen LogP contribution in [0.2, 0.25) is 0 Å². The van der Waals surface area contributed by atoms with Gasteiger partial charge in [-0.25, -0.2) is 0 Å². The standard InChI is InChI=1S/2C9H12.C9H10.4C8H10.C7H8.C7H14.C5H12.C4H8.CH3Br.CH4/c1-7-5-4-6-8(2)9(7)3;2*1-2-6-9-7-4-3-5-8-9;1-7-3-5-8(2)6-4-7;1-7-4-3-5-8(2)6-7;1-7-5-3-4-6-8(7)2;1-2-8-6-4-3-5-7-8;1-7-5-3-2-4-6-7;1-3-5-7-6-4-2;1-4-5(2)3;1-4-2-3-4;1-2;/h4-6H,1-3H3;3-5,7-8H,2,6H2,1H3;2-8H,1H3;3*3-6H,1-2H3;3-7H,2H2,1H3;2-6H,1H3;3,5H,4,6-7H2,1-2H3;5H,4H2,1-3H3;4H,2-3H2,1H3;1H3;1H4/b;;6-2+;;;;;;5-3+;;;;. The highest BCUT2D eigenvalue weighted by Crippen LogP contribution is 2.26. The van der Waals surface area contributed by atoms with E-state index in [1.54, 1.807) is 0 Å². The molecule has 1 aliphatic rings. The maximum Gasteiger partial charge on any atom is -0.00848 e. The first-order chi connectivity index (χ1) is 40.4. The molecule has 0 aliphatic heterocycles. The third kappa shape index (κ3) is 57.9. The van der Waals surface area contributed by atoms with E-state index < -0.39 is 0 Å². The van der Waals surface area contributed by atoms with Crippen molar-refractivity contribution in [2.24, 2.45) is 11.8 Å². The van der Waals surface area contributed by atoms with Gasteiger partial charge in [0.05, 0.1) is 0 Å². The molecule has 0 amide bonds. The van der Waals surface area contributed by atoms with E-state index >= 15 is 0 Å². The van der Waals surface area contributed by atoms with Crippen LogP contribution in [0.3, 0.4) is 0 Å². The zero-order valence-corrected chi connectivity index (χ0v) is 58.5. The molecule has 0 heterocycles. The summed E-state index contributed by atoms with van der Waals surface area (Å²) < 4.78 is 0. The van der Waals surface area contributed by atoms with Gasteiger partial charge in [-0.3, -0.25) is 0 Å². The number of hydrogen-bond donors (Lipinski definition) is 0. The predicted octanol–water partition coefficient (Wildman–Crippen LogP) is 27.0. The highest BCUT2D eigenvalue weighted by Gasteiger charge is 2.12. The Bertz CT molecular complexity index is 2590. The Morgan fingerprint density at radius 2 is 0.765 bits per heavy atom. The molecule has 466 valence electrons. The predicted molar refractivity (Wildman–Crippen MR) is 396 cm³/mol. The van der Waals surface area contributed by atoms with Gasteiger partial charge in [0.2, 0.25) is 0 Å². The normalized spacial score (nSPS) is 10.0. The van der Waals surface area contributed by atoms with Gasteiger partial charge in [-0.05, 0) is 165 Å². The Morgan fingerprint density at radius 1 is 0.424 bits per heavy atom. The minimum absolute atomic E-state index is 0. The molecule has 0 spiro atoms. The van der Waals surface area contributed by atoms with Gasteiger partial charge in [0, 0.05) is 0 Å². The van der Waals surface area contributed by atoms with Crippen molar-refractivity contribution in [2.75, 3.05) is 5.83 Å². The molecule has 0 radical (unpaired) electrons. The fourth-order valence-electron chi connectivity index (χ4n) is 6.60. The topological polar surface area (TPSA) is 0 Å². The number of halogens is 1. The van der Waals surface area contributed by atoms with Crippen LogP contribution in [0.5, 0.6) is 0 Å². The number of hydrogen-bond acceptors (Lipinski definition) is 0. The Labute approximate surface area is 536 Å². The minimum atomic E-state index is 0. The Balaban J connectivity index is -0.000000425. The van der Waals surface area contributed by atoms with Crippen molar-refractivity contribution in [3.8, 4) is 0 Å². The summed E-state index contributed by atoms with van der Waals surface area (Å²) in [6.07, 6.45) is 20.2. The molecule has 8 aromatic carbocycles. The third-order valence-corrected chi connectivity index (χ3v) is 13.1. The smallest absolute Gasteiger partial charge is 0.00848 e. The third-order valence-electron chi connectivity index (χ3n) is 13.1. The van der Waals surface area contributed by atoms with E-state index in [1.807, 2.05) is 61.3 Å². The van der Waals surface area contributed by atoms with Crippen LogP contribution >= 0.6 is 15.9 Å². The number of rotatable bonds is 8. The molecule has 9 rings (SSSR count). The largest absolute Gasteiger partial charge is 0.0966 e. The van der Waals surface area contributed by atoms with E-state index in [-0.39, 0.29) is 7.43 Å². The van der Waals surface area contributed by atoms with Crippen LogP contribution in [0.4, 0.5) is 0 Å². The van der Waals surface area contributed by atoms with E-state index in [4.69, 9.17) is 0 Å². The number of alkyl halides is 1. The monoisotopic (exact) mass is 1210 g/mol. The fourth-order valence-corrected chi connectivity index (χ4v) is 6.60. The molecule has 0 N–H and O–H groups in total. The number of benzene rings is 8. The second kappa shape index (κ2) is 60.8. The van der Waals surface area contributed by atoms with Gasteiger partial charge in [-0.2, -0.15) is 0 Å². The highest BCUT2D eigenvalue weighted by atomic mass is 79.9. The quantitative estimate of drug-likeness (QED) is 0.0808. The lowest BCUT2D eigenvalue weighted by atomic mass is 10.1. The summed E-state index contributed by atoms with van der Waals surface area (Å²) in [5, 5.41) is 0. The maximum atomic E-state index is 2.94. The molecule has 1 saturated carbocycles. The first kappa shape index (κ1) is 85.2. The van der Waals surface area contributed by atoms with Crippen molar-refractivity contribution in [3.63, 3.8) is 0 Å². The summed E-state index contributed by atoms with van der Waals surface area (Å²) in [5.41, 5.74) is 17.7. The summed E-state index contributed by atoms with van der Waals surface area (Å²) in [6.45, 7) is 40.7. The van der Waals surface area contributed by atoms with E-state index in [0.717, 1.165) is 18.3 Å². The van der Waals surface area contributed by atoms with Crippen molar-refractivity contribution in [1.82, 2.24) is 0 Å². The summed E-state index contributed by atoms with van der Waals surface area (Å²) in [4.78, 5) is 0. The lowest BCUT2D eigenvalue weighted by Gasteiger charge is -2.00. The molecule has 0 atom stereocenters. The summed E-state index contributed by atoms with van der Waals surface area (Å²) in [7, 11) is 0. The van der Waals surface area contributed by atoms with Crippen molar-refractivity contribution in [2.45, 2.75) is 197 Å². The van der Waals surface area contributed by atoms with E-state index in [0.29, 0.717) is 0 Å². The average Bonchev–Trinajstić information content (AvgIpc) is 4.32. The molecule has 0 aromatic heterocycles. The first-order valence-corrected chi connectivity index (χ1v) is 32.8. The number of allylic oxidation sites excluding steroid dienone is 3. The Morgan fingerprint density at radius 3 is 1.04 bits per heavy atom. The molecule has 0 saturated heterocycles. The Hall–Kier alpha value is -6.28. The van der Waals surface area contributed by atoms with Gasteiger partial charge < -0.3 is 0 Å². The molecular weight excluding hydrogens is 1090 g/mol. The van der Waals surface area contributed by atoms with Crippen LogP contribution in [0.1, 0.15) is 187 Å². The zero-order chi connectivity index (χ0) is 63.6. The van der Waals surface area contributed by atoms with Crippen LogP contribution in [0.15, 0.2) is 231 Å². The highest BCUT2D eigenvalue weighted by molar-refractivity contribution is 9.08. The van der Waals surface area contributed by atoms with Crippen molar-refractivity contribution >= 4 is 22.0 Å². The van der Waals surface area contributed by atoms with E-state index in [1.165, 1.54) is 124 Å². The van der Waals surface area contributed by atoms with Crippen molar-refractivity contribution < 1.29 is 0 Å². The van der Waals surface area contributed by atoms with E-state index in [9.17, 15) is 0 Å². The fraction of sp³-hybridized carbons (Fsp3) is 0.381. The number of unbranched alkanes of at least 4 members (excludes halogenated alkanes) is 2. The van der Waals surface area contributed by atoms with E-state index in [2.05, 4.69) is 329 Å². The van der Waals surface area contributed by atoms with Gasteiger partial charge in [-0.15, -0.1) is 0 Å². The lowest BCUT2D eigenvalue weighted by molar-refractivity contribution is 0.626. The molecule has 85 heavy (non-hydrogen) atoms. The van der Waals surface area contributed by atoms with Gasteiger partial charge in [0.15, 0.2) is 0 Å². The molecule has 8 aromatic rings. The van der Waals surface area contributed by atoms with Crippen LogP contribution < -0.4 is 0 Å². The van der Waals surface area contributed by atoms with Gasteiger partial charge >= 0.3 is 0 Å². The molecule has 0 nitrogen and oxygen atoms in total. The lowest BCUT2D eigenvalue weighted by Crippen LogP contribution is -1.82. The summed E-state index contributed by atoms with van der Waals surface area (Å²) >= 11 is 2.94. The summed E-state index contributed by atoms with van der Waals surface area (Å²) in [6, 6.07) is 73.2. The van der Waals surface area contributed by atoms with Crippen LogP contribution in [-0.2, 0) is 12.8 Å². The van der Waals surface area contributed by atoms with Crippen molar-refractivity contribution in [3.05, 3.63) is 303 Å². The first-order valence-electron chi connectivity index (χ1n) is 31.2.